The molecule has 0 bridgehead atoms. The third-order valence-electron chi connectivity index (χ3n) is 7.47. The number of aryl methyl sites for hydroxylation is 1. The minimum Gasteiger partial charge on any atom is -0.461 e. The highest BCUT2D eigenvalue weighted by Gasteiger charge is 2.34. The molecule has 0 spiro atoms. The van der Waals surface area contributed by atoms with Crippen LogP contribution in [0, 0.1) is 0 Å². The number of amides is 1. The summed E-state index contributed by atoms with van der Waals surface area (Å²) in [6.45, 7) is 6.64. The number of esters is 1. The van der Waals surface area contributed by atoms with Crippen LogP contribution in [0.25, 0.3) is 0 Å². The number of aliphatic imine (C=N–C) groups is 1. The summed E-state index contributed by atoms with van der Waals surface area (Å²) < 4.78 is 5.79. The summed E-state index contributed by atoms with van der Waals surface area (Å²) in [6, 6.07) is 8.60. The maximum atomic E-state index is 13.3. The molecule has 5 rings (SSSR count). The zero-order chi connectivity index (χ0) is 24.6. The second-order valence-electron chi connectivity index (χ2n) is 11.1. The molecule has 2 aromatic rings. The van der Waals surface area contributed by atoms with E-state index in [1.807, 2.05) is 0 Å². The highest BCUT2D eigenvalue weighted by atomic mass is 32.1. The molecule has 3 aliphatic rings. The molecule has 2 aliphatic carbocycles. The molecule has 0 radical (unpaired) electrons. The normalized spacial score (nSPS) is 19.0. The molecule has 0 atom stereocenters. The molecule has 35 heavy (non-hydrogen) atoms. The summed E-state index contributed by atoms with van der Waals surface area (Å²) in [5.41, 5.74) is 5.63. The second kappa shape index (κ2) is 9.88. The summed E-state index contributed by atoms with van der Waals surface area (Å²) in [4.78, 5) is 34.1. The van der Waals surface area contributed by atoms with Crippen molar-refractivity contribution in [3.63, 3.8) is 0 Å². The molecular weight excluding hydrogens is 456 g/mol. The van der Waals surface area contributed by atoms with Crippen molar-refractivity contribution in [2.45, 2.75) is 90.1 Å². The molecule has 186 valence electrons. The van der Waals surface area contributed by atoms with E-state index in [1.54, 1.807) is 16.2 Å². The molecule has 0 saturated heterocycles. The lowest BCUT2D eigenvalue weighted by Crippen LogP contribution is -2.38. The maximum absolute atomic E-state index is 13.3. The van der Waals surface area contributed by atoms with Crippen LogP contribution < -0.4 is 4.90 Å². The van der Waals surface area contributed by atoms with E-state index >= 15 is 0 Å². The smallest absolute Gasteiger partial charge is 0.326 e. The fourth-order valence-electron chi connectivity index (χ4n) is 5.47. The van der Waals surface area contributed by atoms with E-state index in [-0.39, 0.29) is 36.5 Å². The van der Waals surface area contributed by atoms with Gasteiger partial charge in [0.15, 0.2) is 0 Å². The minimum absolute atomic E-state index is 0.0116. The average molecular weight is 493 g/mol. The topological polar surface area (TPSA) is 59.0 Å². The number of carbonyl (C=O) groups excluding carboxylic acids is 2. The average Bonchev–Trinajstić information content (AvgIpc) is 3.16. The lowest BCUT2D eigenvalue weighted by atomic mass is 9.85. The number of anilines is 1. The number of fused-ring (bicyclic) bond motifs is 3. The molecule has 2 heterocycles. The summed E-state index contributed by atoms with van der Waals surface area (Å²) >= 11 is 1.67. The van der Waals surface area contributed by atoms with E-state index in [0.717, 1.165) is 73.2 Å². The minimum atomic E-state index is -0.305. The van der Waals surface area contributed by atoms with Gasteiger partial charge in [-0.3, -0.25) is 19.5 Å². The van der Waals surface area contributed by atoms with E-state index in [2.05, 4.69) is 45.0 Å². The summed E-state index contributed by atoms with van der Waals surface area (Å²) in [7, 11) is 0. The van der Waals surface area contributed by atoms with Crippen molar-refractivity contribution in [3.05, 3.63) is 51.4 Å². The fourth-order valence-corrected chi connectivity index (χ4v) is 6.87. The number of rotatable bonds is 4. The van der Waals surface area contributed by atoms with Gasteiger partial charge in [0.25, 0.3) is 0 Å². The van der Waals surface area contributed by atoms with E-state index in [1.165, 1.54) is 22.4 Å². The van der Waals surface area contributed by atoms with Gasteiger partial charge in [0, 0.05) is 16.0 Å². The van der Waals surface area contributed by atoms with Crippen molar-refractivity contribution in [2.24, 2.45) is 4.99 Å². The lowest BCUT2D eigenvalue weighted by molar-refractivity contribution is -0.149. The van der Waals surface area contributed by atoms with Crippen molar-refractivity contribution in [1.29, 1.82) is 0 Å². The zero-order valence-electron chi connectivity index (χ0n) is 21.2. The number of nitrogens with zero attached hydrogens (tertiary/aromatic N) is 2. The lowest BCUT2D eigenvalue weighted by Gasteiger charge is -2.24. The molecule has 5 nitrogen and oxygen atoms in total. The zero-order valence-corrected chi connectivity index (χ0v) is 22.0. The molecule has 0 unspecified atom stereocenters. The van der Waals surface area contributed by atoms with E-state index in [9.17, 15) is 9.59 Å². The molecular formula is C29H36N2O3S. The van der Waals surface area contributed by atoms with Gasteiger partial charge in [0.2, 0.25) is 5.91 Å². The Kier molecular flexibility index (Phi) is 6.84. The molecule has 1 amide bonds. The van der Waals surface area contributed by atoms with Crippen LogP contribution in [0.2, 0.25) is 0 Å². The van der Waals surface area contributed by atoms with Crippen LogP contribution in [0.15, 0.2) is 29.3 Å². The molecule has 1 aromatic heterocycles. The van der Waals surface area contributed by atoms with E-state index in [0.29, 0.717) is 0 Å². The summed E-state index contributed by atoms with van der Waals surface area (Å²) in [5.74, 6) is -0.438. The third-order valence-corrected chi connectivity index (χ3v) is 8.78. The van der Waals surface area contributed by atoms with E-state index in [4.69, 9.17) is 9.73 Å². The van der Waals surface area contributed by atoms with Crippen LogP contribution in [0.5, 0.6) is 0 Å². The predicted octanol–water partition coefficient (Wildman–Crippen LogP) is 5.98. The van der Waals surface area contributed by atoms with Gasteiger partial charge in [0.1, 0.15) is 24.2 Å². The number of ether oxygens (including phenoxy) is 1. The first kappa shape index (κ1) is 24.2. The van der Waals surface area contributed by atoms with Gasteiger partial charge in [-0.1, -0.05) is 51.5 Å². The van der Waals surface area contributed by atoms with Crippen molar-refractivity contribution < 1.29 is 14.3 Å². The van der Waals surface area contributed by atoms with Crippen LogP contribution in [0.4, 0.5) is 5.00 Å². The monoisotopic (exact) mass is 492 g/mol. The van der Waals surface area contributed by atoms with Crippen molar-refractivity contribution in [1.82, 2.24) is 0 Å². The Morgan fingerprint density at radius 2 is 1.77 bits per heavy atom. The standard InChI is InChI=1S/C29H36N2O3S/c1-29(2,3)20-15-13-19(14-16-20)27-26-22-11-7-8-12-23(22)35-28(26)31(24(32)17-30-27)18-25(33)34-21-9-5-4-6-10-21/h13-16,21H,4-12,17-18H2,1-3H3. The van der Waals surface area contributed by atoms with Gasteiger partial charge in [-0.15, -0.1) is 11.3 Å². The molecule has 0 N–H and O–H groups in total. The van der Waals surface area contributed by atoms with Gasteiger partial charge < -0.3 is 4.74 Å². The molecule has 1 fully saturated rings. The Hall–Kier alpha value is -2.47. The van der Waals surface area contributed by atoms with Gasteiger partial charge in [0.05, 0.1) is 5.71 Å². The Bertz CT molecular complexity index is 1130. The predicted molar refractivity (Wildman–Crippen MR) is 142 cm³/mol. The van der Waals surface area contributed by atoms with E-state index < -0.39 is 0 Å². The maximum Gasteiger partial charge on any atom is 0.326 e. The van der Waals surface area contributed by atoms with Gasteiger partial charge >= 0.3 is 5.97 Å². The number of hydrogen-bond acceptors (Lipinski definition) is 5. The third kappa shape index (κ3) is 5.09. The number of thiophene rings is 1. The van der Waals surface area contributed by atoms with Gasteiger partial charge in [-0.25, -0.2) is 0 Å². The summed E-state index contributed by atoms with van der Waals surface area (Å²) in [5, 5.41) is 0.874. The Balaban J connectivity index is 1.49. The highest BCUT2D eigenvalue weighted by Crippen LogP contribution is 2.43. The Morgan fingerprint density at radius 3 is 2.49 bits per heavy atom. The quantitative estimate of drug-likeness (QED) is 0.493. The van der Waals surface area contributed by atoms with Crippen LogP contribution in [-0.2, 0) is 32.6 Å². The molecule has 6 heteroatoms. The first-order valence-corrected chi connectivity index (χ1v) is 13.9. The van der Waals surface area contributed by atoms with Crippen molar-refractivity contribution in [2.75, 3.05) is 18.0 Å². The Labute approximate surface area is 212 Å². The largest absolute Gasteiger partial charge is 0.461 e. The number of carbonyl (C=O) groups is 2. The van der Waals surface area contributed by atoms with Gasteiger partial charge in [-0.05, 0) is 67.9 Å². The molecule has 1 aromatic carbocycles. The number of benzene rings is 1. The molecule has 1 aliphatic heterocycles. The van der Waals surface area contributed by atoms with Crippen molar-refractivity contribution in [3.8, 4) is 0 Å². The van der Waals surface area contributed by atoms with Gasteiger partial charge in [-0.2, -0.15) is 0 Å². The van der Waals surface area contributed by atoms with Crippen LogP contribution in [0.1, 0.15) is 92.8 Å². The highest BCUT2D eigenvalue weighted by molar-refractivity contribution is 7.17. The van der Waals surface area contributed by atoms with Crippen LogP contribution in [0.3, 0.4) is 0 Å². The van der Waals surface area contributed by atoms with Crippen LogP contribution >= 0.6 is 11.3 Å². The molecule has 1 saturated carbocycles. The Morgan fingerprint density at radius 1 is 1.06 bits per heavy atom. The first-order chi connectivity index (χ1) is 16.8. The number of hydrogen-bond donors (Lipinski definition) is 0. The second-order valence-corrected chi connectivity index (χ2v) is 12.2. The SMILES string of the molecule is CC(C)(C)c1ccc(C2=NCC(=O)N(CC(=O)OC3CCCCC3)c3sc4c(c32)CCCC4)cc1. The fraction of sp³-hybridized carbons (Fsp3) is 0.552. The van der Waals surface area contributed by atoms with Crippen molar-refractivity contribution >= 4 is 33.9 Å². The summed E-state index contributed by atoms with van der Waals surface area (Å²) in [6.07, 6.45) is 9.59. The first-order valence-electron chi connectivity index (χ1n) is 13.1. The van der Waals surface area contributed by atoms with Crippen LogP contribution in [-0.4, -0.2) is 36.8 Å².